The van der Waals surface area contributed by atoms with Crippen LogP contribution in [0.3, 0.4) is 0 Å². The van der Waals surface area contributed by atoms with Crippen LogP contribution in [0.5, 0.6) is 0 Å². The summed E-state index contributed by atoms with van der Waals surface area (Å²) >= 11 is 0. The Labute approximate surface area is 118 Å². The highest BCUT2D eigenvalue weighted by molar-refractivity contribution is 5.63. The first-order valence-corrected chi connectivity index (χ1v) is 6.71. The molecule has 0 aliphatic heterocycles. The molecule has 1 aromatic heterocycles. The van der Waals surface area contributed by atoms with E-state index in [-0.39, 0.29) is 0 Å². The summed E-state index contributed by atoms with van der Waals surface area (Å²) in [6.07, 6.45) is 3.97. The summed E-state index contributed by atoms with van der Waals surface area (Å²) in [6.45, 7) is 0.876. The first kappa shape index (κ1) is 12.6. The molecular formula is C17H17N3. The van der Waals surface area contributed by atoms with Gasteiger partial charge in [-0.3, -0.25) is 0 Å². The van der Waals surface area contributed by atoms with Crippen molar-refractivity contribution in [1.29, 1.82) is 0 Å². The average Bonchev–Trinajstić information content (AvgIpc) is 2.99. The zero-order chi connectivity index (χ0) is 13.8. The van der Waals surface area contributed by atoms with E-state index in [9.17, 15) is 0 Å². The van der Waals surface area contributed by atoms with Gasteiger partial charge in [0.1, 0.15) is 0 Å². The summed E-state index contributed by atoms with van der Waals surface area (Å²) in [6, 6.07) is 18.7. The lowest BCUT2D eigenvalue weighted by Crippen LogP contribution is -2.04. The van der Waals surface area contributed by atoms with Gasteiger partial charge in [0, 0.05) is 18.3 Å². The van der Waals surface area contributed by atoms with Crippen LogP contribution < -0.4 is 5.32 Å². The molecule has 1 heterocycles. The van der Waals surface area contributed by atoms with E-state index in [4.69, 9.17) is 0 Å². The van der Waals surface area contributed by atoms with Crippen LogP contribution in [0, 0.1) is 0 Å². The quantitative estimate of drug-likeness (QED) is 0.783. The largest absolute Gasteiger partial charge is 0.316 e. The molecule has 3 nitrogen and oxygen atoms in total. The van der Waals surface area contributed by atoms with E-state index < -0.39 is 0 Å². The fourth-order valence-electron chi connectivity index (χ4n) is 2.26. The maximum atomic E-state index is 4.44. The van der Waals surface area contributed by atoms with Crippen LogP contribution in [0.15, 0.2) is 67.0 Å². The van der Waals surface area contributed by atoms with E-state index in [2.05, 4.69) is 40.9 Å². The number of aromatic nitrogens is 2. The summed E-state index contributed by atoms with van der Waals surface area (Å²) < 4.78 is 1.90. The minimum Gasteiger partial charge on any atom is -0.316 e. The highest BCUT2D eigenvalue weighted by atomic mass is 15.3. The van der Waals surface area contributed by atoms with Gasteiger partial charge in [-0.2, -0.15) is 5.10 Å². The smallest absolute Gasteiger partial charge is 0.0645 e. The third-order valence-electron chi connectivity index (χ3n) is 3.24. The van der Waals surface area contributed by atoms with Crippen LogP contribution in [-0.2, 0) is 6.54 Å². The number of nitrogens with zero attached hydrogens (tertiary/aromatic N) is 2. The molecule has 3 heteroatoms. The van der Waals surface area contributed by atoms with Crippen LogP contribution in [0.4, 0.5) is 0 Å². The lowest BCUT2D eigenvalue weighted by Gasteiger charge is -2.03. The summed E-state index contributed by atoms with van der Waals surface area (Å²) in [4.78, 5) is 0. The van der Waals surface area contributed by atoms with Crippen LogP contribution in [-0.4, -0.2) is 16.8 Å². The number of nitrogens with one attached hydrogen (secondary N) is 1. The molecule has 0 spiro atoms. The van der Waals surface area contributed by atoms with Gasteiger partial charge in [-0.15, -0.1) is 0 Å². The number of benzene rings is 2. The second-order valence-electron chi connectivity index (χ2n) is 4.74. The van der Waals surface area contributed by atoms with Gasteiger partial charge in [-0.25, -0.2) is 4.68 Å². The zero-order valence-corrected chi connectivity index (χ0v) is 11.5. The molecule has 0 aliphatic rings. The van der Waals surface area contributed by atoms with Gasteiger partial charge in [-0.1, -0.05) is 36.4 Å². The van der Waals surface area contributed by atoms with Crippen LogP contribution in [0.2, 0.25) is 0 Å². The van der Waals surface area contributed by atoms with Gasteiger partial charge >= 0.3 is 0 Å². The highest BCUT2D eigenvalue weighted by Gasteiger charge is 2.03. The fourth-order valence-corrected chi connectivity index (χ4v) is 2.26. The molecule has 100 valence electrons. The Morgan fingerprint density at radius 3 is 2.65 bits per heavy atom. The van der Waals surface area contributed by atoms with E-state index in [1.165, 1.54) is 11.1 Å². The Morgan fingerprint density at radius 1 is 1.00 bits per heavy atom. The van der Waals surface area contributed by atoms with Crippen molar-refractivity contribution in [3.63, 3.8) is 0 Å². The van der Waals surface area contributed by atoms with E-state index >= 15 is 0 Å². The fraction of sp³-hybridized carbons (Fsp3) is 0.118. The molecule has 0 atom stereocenters. The molecule has 3 aromatic rings. The third-order valence-corrected chi connectivity index (χ3v) is 3.24. The summed E-state index contributed by atoms with van der Waals surface area (Å²) in [7, 11) is 1.96. The second-order valence-corrected chi connectivity index (χ2v) is 4.74. The van der Waals surface area contributed by atoms with Crippen molar-refractivity contribution in [2.24, 2.45) is 0 Å². The van der Waals surface area contributed by atoms with E-state index in [1.807, 2.05) is 48.3 Å². The topological polar surface area (TPSA) is 29.9 Å². The molecule has 0 saturated carbocycles. The van der Waals surface area contributed by atoms with E-state index in [1.54, 1.807) is 0 Å². The molecule has 0 aliphatic carbocycles. The SMILES string of the molecule is CNCc1cccc(-c2cnn(-c3ccccc3)c2)c1. The Kier molecular flexibility index (Phi) is 3.61. The highest BCUT2D eigenvalue weighted by Crippen LogP contribution is 2.21. The first-order valence-electron chi connectivity index (χ1n) is 6.71. The molecule has 2 aromatic carbocycles. The molecule has 0 bridgehead atoms. The van der Waals surface area contributed by atoms with Gasteiger partial charge in [0.05, 0.1) is 11.9 Å². The number of hydrogen-bond donors (Lipinski definition) is 1. The second kappa shape index (κ2) is 5.72. The van der Waals surface area contributed by atoms with Crippen molar-refractivity contribution < 1.29 is 0 Å². The van der Waals surface area contributed by atoms with Gasteiger partial charge in [-0.05, 0) is 36.4 Å². The Morgan fingerprint density at radius 2 is 1.85 bits per heavy atom. The van der Waals surface area contributed by atoms with E-state index in [0.29, 0.717) is 0 Å². The molecule has 1 N–H and O–H groups in total. The standard InChI is InChI=1S/C17H17N3/c1-18-11-14-6-5-7-15(10-14)16-12-19-20(13-16)17-8-3-2-4-9-17/h2-10,12-13,18H,11H2,1H3. The van der Waals surface area contributed by atoms with Crippen LogP contribution in [0.25, 0.3) is 16.8 Å². The molecule has 0 amide bonds. The minimum absolute atomic E-state index is 0.876. The molecule has 3 rings (SSSR count). The lowest BCUT2D eigenvalue weighted by atomic mass is 10.1. The van der Waals surface area contributed by atoms with Crippen LogP contribution in [0.1, 0.15) is 5.56 Å². The van der Waals surface area contributed by atoms with Gasteiger partial charge < -0.3 is 5.32 Å². The third kappa shape index (κ3) is 2.63. The summed E-state index contributed by atoms with van der Waals surface area (Å²) in [5, 5.41) is 7.61. The summed E-state index contributed by atoms with van der Waals surface area (Å²) in [5.41, 5.74) is 4.68. The van der Waals surface area contributed by atoms with Gasteiger partial charge in [0.25, 0.3) is 0 Å². The van der Waals surface area contributed by atoms with Crippen molar-refractivity contribution >= 4 is 0 Å². The first-order chi connectivity index (χ1) is 9.86. The Balaban J connectivity index is 1.92. The minimum atomic E-state index is 0.876. The predicted octanol–water partition coefficient (Wildman–Crippen LogP) is 3.26. The van der Waals surface area contributed by atoms with Crippen molar-refractivity contribution in [3.8, 4) is 16.8 Å². The maximum Gasteiger partial charge on any atom is 0.0645 e. The summed E-state index contributed by atoms with van der Waals surface area (Å²) in [5.74, 6) is 0. The molecule has 20 heavy (non-hydrogen) atoms. The maximum absolute atomic E-state index is 4.44. The molecule has 0 unspecified atom stereocenters. The monoisotopic (exact) mass is 263 g/mol. The normalized spacial score (nSPS) is 10.7. The van der Waals surface area contributed by atoms with E-state index in [0.717, 1.165) is 17.8 Å². The lowest BCUT2D eigenvalue weighted by molar-refractivity contribution is 0.818. The molecule has 0 saturated heterocycles. The van der Waals surface area contributed by atoms with Crippen LogP contribution >= 0.6 is 0 Å². The van der Waals surface area contributed by atoms with Gasteiger partial charge in [0.15, 0.2) is 0 Å². The Bertz CT molecular complexity index is 686. The van der Waals surface area contributed by atoms with Crippen molar-refractivity contribution in [2.45, 2.75) is 6.54 Å². The van der Waals surface area contributed by atoms with Crippen molar-refractivity contribution in [2.75, 3.05) is 7.05 Å². The molecular weight excluding hydrogens is 246 g/mol. The number of rotatable bonds is 4. The van der Waals surface area contributed by atoms with Crippen molar-refractivity contribution in [3.05, 3.63) is 72.6 Å². The van der Waals surface area contributed by atoms with Crippen molar-refractivity contribution in [1.82, 2.24) is 15.1 Å². The van der Waals surface area contributed by atoms with Gasteiger partial charge in [0.2, 0.25) is 0 Å². The Hall–Kier alpha value is -2.39. The zero-order valence-electron chi connectivity index (χ0n) is 11.5. The molecule has 0 radical (unpaired) electrons. The predicted molar refractivity (Wildman–Crippen MR) is 81.8 cm³/mol. The average molecular weight is 263 g/mol. The number of hydrogen-bond acceptors (Lipinski definition) is 2. The number of para-hydroxylation sites is 1. The molecule has 0 fully saturated rings.